The van der Waals surface area contributed by atoms with Gasteiger partial charge in [-0.3, -0.25) is 0 Å². The molecule has 20 heavy (non-hydrogen) atoms. The molecule has 0 saturated heterocycles. The summed E-state index contributed by atoms with van der Waals surface area (Å²) >= 11 is 9.27. The average Bonchev–Trinajstić information content (AvgIpc) is 2.44. The maximum atomic E-state index is 14.0. The molecule has 0 amide bonds. The Labute approximate surface area is 132 Å². The first-order valence-electron chi connectivity index (χ1n) is 6.44. The van der Waals surface area contributed by atoms with E-state index in [0.717, 1.165) is 11.0 Å². The van der Waals surface area contributed by atoms with Crippen LogP contribution in [0.15, 0.2) is 46.9 Å². The highest BCUT2D eigenvalue weighted by molar-refractivity contribution is 9.10. The van der Waals surface area contributed by atoms with Crippen LogP contribution in [0.25, 0.3) is 0 Å². The van der Waals surface area contributed by atoms with Crippen molar-refractivity contribution in [2.45, 2.75) is 12.3 Å². The predicted octanol–water partition coefficient (Wildman–Crippen LogP) is 4.79. The Balaban J connectivity index is 2.25. The molecule has 0 aromatic heterocycles. The van der Waals surface area contributed by atoms with Gasteiger partial charge >= 0.3 is 0 Å². The van der Waals surface area contributed by atoms with Gasteiger partial charge in [0.25, 0.3) is 0 Å². The molecule has 2 aromatic carbocycles. The molecule has 0 spiro atoms. The SMILES string of the molecule is CNCC(Cc1cccc(Cl)c1F)c1ccc(Br)cc1. The van der Waals surface area contributed by atoms with Gasteiger partial charge in [-0.05, 0) is 42.8 Å². The van der Waals surface area contributed by atoms with Gasteiger partial charge in [-0.1, -0.05) is 51.8 Å². The van der Waals surface area contributed by atoms with E-state index >= 15 is 0 Å². The van der Waals surface area contributed by atoms with Crippen LogP contribution >= 0.6 is 27.5 Å². The molecule has 1 atom stereocenters. The second kappa shape index (κ2) is 7.21. The molecule has 1 unspecified atom stereocenters. The Morgan fingerprint density at radius 1 is 1.20 bits per heavy atom. The summed E-state index contributed by atoms with van der Waals surface area (Å²) in [5, 5.41) is 3.35. The summed E-state index contributed by atoms with van der Waals surface area (Å²) in [7, 11) is 1.90. The highest BCUT2D eigenvalue weighted by Crippen LogP contribution is 2.26. The molecule has 106 valence electrons. The van der Waals surface area contributed by atoms with Crippen molar-refractivity contribution in [3.63, 3.8) is 0 Å². The molecule has 0 aliphatic rings. The molecular formula is C16H16BrClFN. The van der Waals surface area contributed by atoms with Crippen LogP contribution in [0.2, 0.25) is 5.02 Å². The van der Waals surface area contributed by atoms with E-state index in [0.29, 0.717) is 12.0 Å². The monoisotopic (exact) mass is 355 g/mol. The summed E-state index contributed by atoms with van der Waals surface area (Å²) in [6.07, 6.45) is 0.620. The van der Waals surface area contributed by atoms with Crippen molar-refractivity contribution in [3.8, 4) is 0 Å². The molecular weight excluding hydrogens is 341 g/mol. The van der Waals surface area contributed by atoms with Gasteiger partial charge in [0, 0.05) is 16.9 Å². The van der Waals surface area contributed by atoms with Crippen molar-refractivity contribution < 1.29 is 4.39 Å². The number of hydrogen-bond acceptors (Lipinski definition) is 1. The van der Waals surface area contributed by atoms with Gasteiger partial charge in [-0.15, -0.1) is 0 Å². The zero-order valence-electron chi connectivity index (χ0n) is 11.2. The summed E-state index contributed by atoms with van der Waals surface area (Å²) in [6, 6.07) is 13.3. The van der Waals surface area contributed by atoms with Crippen LogP contribution in [-0.4, -0.2) is 13.6 Å². The molecule has 1 N–H and O–H groups in total. The normalized spacial score (nSPS) is 12.4. The maximum Gasteiger partial charge on any atom is 0.144 e. The third-order valence-corrected chi connectivity index (χ3v) is 4.11. The molecule has 0 fully saturated rings. The first-order chi connectivity index (χ1) is 9.61. The van der Waals surface area contributed by atoms with Crippen LogP contribution in [0.3, 0.4) is 0 Å². The van der Waals surface area contributed by atoms with Gasteiger partial charge in [0.1, 0.15) is 5.82 Å². The number of hydrogen-bond donors (Lipinski definition) is 1. The molecule has 0 heterocycles. The van der Waals surface area contributed by atoms with Crippen molar-refractivity contribution in [3.05, 3.63) is 68.9 Å². The highest BCUT2D eigenvalue weighted by atomic mass is 79.9. The van der Waals surface area contributed by atoms with Gasteiger partial charge in [0.05, 0.1) is 5.02 Å². The van der Waals surface area contributed by atoms with Crippen LogP contribution in [-0.2, 0) is 6.42 Å². The largest absolute Gasteiger partial charge is 0.319 e. The van der Waals surface area contributed by atoms with E-state index in [-0.39, 0.29) is 16.8 Å². The molecule has 2 aromatic rings. The first kappa shape index (κ1) is 15.5. The number of halogens is 3. The fraction of sp³-hybridized carbons (Fsp3) is 0.250. The second-order valence-corrected chi connectivity index (χ2v) is 6.05. The summed E-state index contributed by atoms with van der Waals surface area (Å²) in [5.74, 6) is -0.103. The summed E-state index contributed by atoms with van der Waals surface area (Å²) in [5.41, 5.74) is 1.84. The Kier molecular flexibility index (Phi) is 5.58. The van der Waals surface area contributed by atoms with Crippen molar-refractivity contribution in [1.29, 1.82) is 0 Å². The maximum absolute atomic E-state index is 14.0. The zero-order valence-corrected chi connectivity index (χ0v) is 13.5. The minimum atomic E-state index is -0.313. The predicted molar refractivity (Wildman–Crippen MR) is 85.9 cm³/mol. The molecule has 2 rings (SSSR count). The van der Waals surface area contributed by atoms with Crippen molar-refractivity contribution in [1.82, 2.24) is 5.32 Å². The lowest BCUT2D eigenvalue weighted by Crippen LogP contribution is -2.19. The van der Waals surface area contributed by atoms with Crippen LogP contribution in [0.1, 0.15) is 17.0 Å². The van der Waals surface area contributed by atoms with E-state index in [4.69, 9.17) is 11.6 Å². The van der Waals surface area contributed by atoms with E-state index in [9.17, 15) is 4.39 Å². The first-order valence-corrected chi connectivity index (χ1v) is 7.62. The summed E-state index contributed by atoms with van der Waals surface area (Å²) < 4.78 is 15.1. The fourth-order valence-corrected chi connectivity index (χ4v) is 2.72. The minimum Gasteiger partial charge on any atom is -0.319 e. The average molecular weight is 357 g/mol. The van der Waals surface area contributed by atoms with Crippen molar-refractivity contribution in [2.24, 2.45) is 0 Å². The Bertz CT molecular complexity index is 571. The quantitative estimate of drug-likeness (QED) is 0.812. The lowest BCUT2D eigenvalue weighted by Gasteiger charge is -2.18. The van der Waals surface area contributed by atoms with Gasteiger partial charge in [-0.2, -0.15) is 0 Å². The molecule has 0 saturated carbocycles. The lowest BCUT2D eigenvalue weighted by molar-refractivity contribution is 0.575. The Morgan fingerprint density at radius 3 is 2.55 bits per heavy atom. The summed E-state index contributed by atoms with van der Waals surface area (Å²) in [6.45, 7) is 0.785. The Hall–Kier alpha value is -0.900. The Morgan fingerprint density at radius 2 is 1.90 bits per heavy atom. The second-order valence-electron chi connectivity index (χ2n) is 4.72. The molecule has 0 radical (unpaired) electrons. The lowest BCUT2D eigenvalue weighted by atomic mass is 9.91. The highest BCUT2D eigenvalue weighted by Gasteiger charge is 2.15. The van der Waals surface area contributed by atoms with Crippen LogP contribution in [0, 0.1) is 5.82 Å². The smallest absolute Gasteiger partial charge is 0.144 e. The number of nitrogens with one attached hydrogen (secondary N) is 1. The van der Waals surface area contributed by atoms with Crippen LogP contribution < -0.4 is 5.32 Å². The molecule has 1 nitrogen and oxygen atoms in total. The van der Waals surface area contributed by atoms with E-state index in [1.807, 2.05) is 19.2 Å². The van der Waals surface area contributed by atoms with E-state index < -0.39 is 0 Å². The topological polar surface area (TPSA) is 12.0 Å². The fourth-order valence-electron chi connectivity index (χ4n) is 2.26. The number of likely N-dealkylation sites (N-methyl/N-ethyl adjacent to an activating group) is 1. The summed E-state index contributed by atoms with van der Waals surface area (Å²) in [4.78, 5) is 0. The third kappa shape index (κ3) is 3.81. The van der Waals surface area contributed by atoms with Gasteiger partial charge in [-0.25, -0.2) is 4.39 Å². The zero-order chi connectivity index (χ0) is 14.5. The molecule has 4 heteroatoms. The number of rotatable bonds is 5. The molecule has 0 aliphatic heterocycles. The third-order valence-electron chi connectivity index (χ3n) is 3.29. The minimum absolute atomic E-state index is 0.182. The van der Waals surface area contributed by atoms with Crippen LogP contribution in [0.4, 0.5) is 4.39 Å². The molecule has 0 bridgehead atoms. The molecule has 0 aliphatic carbocycles. The van der Waals surface area contributed by atoms with E-state index in [2.05, 4.69) is 33.4 Å². The van der Waals surface area contributed by atoms with Gasteiger partial charge < -0.3 is 5.32 Å². The van der Waals surface area contributed by atoms with Gasteiger partial charge in [0.15, 0.2) is 0 Å². The van der Waals surface area contributed by atoms with Crippen LogP contribution in [0.5, 0.6) is 0 Å². The standard InChI is InChI=1S/C16H16BrClFN/c1-20-10-13(11-5-7-14(17)8-6-11)9-12-3-2-4-15(18)16(12)19/h2-8,13,20H,9-10H2,1H3. The van der Waals surface area contributed by atoms with E-state index in [1.165, 1.54) is 5.56 Å². The number of benzene rings is 2. The van der Waals surface area contributed by atoms with Crippen molar-refractivity contribution in [2.75, 3.05) is 13.6 Å². The van der Waals surface area contributed by atoms with Gasteiger partial charge in [0.2, 0.25) is 0 Å². The van der Waals surface area contributed by atoms with Crippen molar-refractivity contribution >= 4 is 27.5 Å². The van der Waals surface area contributed by atoms with E-state index in [1.54, 1.807) is 18.2 Å².